The monoisotopic (exact) mass is 193 g/mol. The molecule has 1 fully saturated rings. The van der Waals surface area contributed by atoms with Crippen LogP contribution in [0, 0.1) is 0 Å². The molecule has 0 aromatic carbocycles. The van der Waals surface area contributed by atoms with E-state index in [1.54, 1.807) is 6.07 Å². The van der Waals surface area contributed by atoms with Gasteiger partial charge in [-0.05, 0) is 24.1 Å². The Bertz CT molecular complexity index is 345. The summed E-state index contributed by atoms with van der Waals surface area (Å²) in [5.74, 6) is -0.651. The standard InChI is InChI=1S/C10H11NO3/c12-10(13)9-5-7(1-3-11-9)8-2-4-14-6-8/h1,3,5,8H,2,4,6H2,(H,12,13). The van der Waals surface area contributed by atoms with Crippen LogP contribution in [-0.2, 0) is 4.74 Å². The molecule has 0 amide bonds. The van der Waals surface area contributed by atoms with Gasteiger partial charge in [-0.2, -0.15) is 0 Å². The van der Waals surface area contributed by atoms with Crippen molar-refractivity contribution in [1.82, 2.24) is 4.98 Å². The van der Waals surface area contributed by atoms with Crippen LogP contribution in [-0.4, -0.2) is 29.3 Å². The molecule has 0 spiro atoms. The summed E-state index contributed by atoms with van der Waals surface area (Å²) in [4.78, 5) is 14.4. The average molecular weight is 193 g/mol. The van der Waals surface area contributed by atoms with Crippen LogP contribution in [0.2, 0.25) is 0 Å². The fraction of sp³-hybridized carbons (Fsp3) is 0.400. The minimum atomic E-state index is -0.981. The third-order valence-corrected chi connectivity index (χ3v) is 2.40. The van der Waals surface area contributed by atoms with E-state index in [9.17, 15) is 4.79 Å². The molecular weight excluding hydrogens is 182 g/mol. The van der Waals surface area contributed by atoms with Gasteiger partial charge >= 0.3 is 5.97 Å². The molecule has 0 bridgehead atoms. The molecule has 2 rings (SSSR count). The van der Waals surface area contributed by atoms with Crippen molar-refractivity contribution >= 4 is 5.97 Å². The quantitative estimate of drug-likeness (QED) is 0.768. The van der Waals surface area contributed by atoms with Crippen molar-refractivity contribution in [2.45, 2.75) is 12.3 Å². The summed E-state index contributed by atoms with van der Waals surface area (Å²) in [6, 6.07) is 3.48. The van der Waals surface area contributed by atoms with Crippen molar-refractivity contribution in [3.63, 3.8) is 0 Å². The number of nitrogens with zero attached hydrogens (tertiary/aromatic N) is 1. The summed E-state index contributed by atoms with van der Waals surface area (Å²) >= 11 is 0. The average Bonchev–Trinajstić information content (AvgIpc) is 2.71. The van der Waals surface area contributed by atoms with E-state index in [0.717, 1.165) is 18.6 Å². The number of carboxylic acids is 1. The van der Waals surface area contributed by atoms with E-state index in [0.29, 0.717) is 12.5 Å². The van der Waals surface area contributed by atoms with Gasteiger partial charge in [0.05, 0.1) is 6.61 Å². The molecule has 4 heteroatoms. The first kappa shape index (κ1) is 9.15. The number of pyridine rings is 1. The zero-order valence-corrected chi connectivity index (χ0v) is 7.64. The second-order valence-corrected chi connectivity index (χ2v) is 3.34. The van der Waals surface area contributed by atoms with E-state index in [1.165, 1.54) is 6.20 Å². The predicted molar refractivity (Wildman–Crippen MR) is 49.4 cm³/mol. The van der Waals surface area contributed by atoms with Gasteiger partial charge in [0.15, 0.2) is 0 Å². The fourth-order valence-electron chi connectivity index (χ4n) is 1.62. The molecule has 14 heavy (non-hydrogen) atoms. The zero-order valence-electron chi connectivity index (χ0n) is 7.64. The summed E-state index contributed by atoms with van der Waals surface area (Å²) in [6.07, 6.45) is 2.50. The van der Waals surface area contributed by atoms with Crippen LogP contribution in [0.3, 0.4) is 0 Å². The van der Waals surface area contributed by atoms with Crippen molar-refractivity contribution in [2.24, 2.45) is 0 Å². The van der Waals surface area contributed by atoms with Crippen LogP contribution >= 0.6 is 0 Å². The predicted octanol–water partition coefficient (Wildman–Crippen LogP) is 1.28. The molecule has 1 unspecified atom stereocenters. The topological polar surface area (TPSA) is 59.4 Å². The Kier molecular flexibility index (Phi) is 2.45. The molecule has 0 aliphatic carbocycles. The number of ether oxygens (including phenoxy) is 1. The minimum Gasteiger partial charge on any atom is -0.477 e. The van der Waals surface area contributed by atoms with Crippen molar-refractivity contribution in [3.05, 3.63) is 29.6 Å². The molecule has 2 heterocycles. The van der Waals surface area contributed by atoms with Crippen LogP contribution < -0.4 is 0 Å². The van der Waals surface area contributed by atoms with E-state index < -0.39 is 5.97 Å². The maximum Gasteiger partial charge on any atom is 0.354 e. The lowest BCUT2D eigenvalue weighted by atomic mass is 9.99. The third kappa shape index (κ3) is 1.75. The fourth-order valence-corrected chi connectivity index (χ4v) is 1.62. The van der Waals surface area contributed by atoms with Crippen molar-refractivity contribution in [1.29, 1.82) is 0 Å². The highest BCUT2D eigenvalue weighted by molar-refractivity contribution is 5.85. The largest absolute Gasteiger partial charge is 0.477 e. The van der Waals surface area contributed by atoms with Gasteiger partial charge in [0.1, 0.15) is 5.69 Å². The second kappa shape index (κ2) is 3.75. The molecule has 1 aliphatic rings. The van der Waals surface area contributed by atoms with Crippen molar-refractivity contribution in [2.75, 3.05) is 13.2 Å². The molecule has 1 saturated heterocycles. The van der Waals surface area contributed by atoms with Gasteiger partial charge in [-0.25, -0.2) is 9.78 Å². The van der Waals surface area contributed by atoms with Gasteiger partial charge in [0.25, 0.3) is 0 Å². The number of rotatable bonds is 2. The molecule has 0 radical (unpaired) electrons. The highest BCUT2D eigenvalue weighted by atomic mass is 16.5. The second-order valence-electron chi connectivity index (χ2n) is 3.34. The lowest BCUT2D eigenvalue weighted by Gasteiger charge is -2.07. The Balaban J connectivity index is 2.25. The van der Waals surface area contributed by atoms with Gasteiger partial charge in [-0.3, -0.25) is 0 Å². The zero-order chi connectivity index (χ0) is 9.97. The summed E-state index contributed by atoms with van der Waals surface area (Å²) in [7, 11) is 0. The number of carboxylic acid groups (broad SMARTS) is 1. The Labute approximate surface area is 81.5 Å². The Morgan fingerprint density at radius 1 is 1.64 bits per heavy atom. The lowest BCUT2D eigenvalue weighted by Crippen LogP contribution is -2.04. The third-order valence-electron chi connectivity index (χ3n) is 2.40. The number of carbonyl (C=O) groups is 1. The molecule has 1 atom stereocenters. The van der Waals surface area contributed by atoms with Crippen LogP contribution in [0.25, 0.3) is 0 Å². The van der Waals surface area contributed by atoms with Crippen LogP contribution in [0.1, 0.15) is 28.4 Å². The molecule has 74 valence electrons. The highest BCUT2D eigenvalue weighted by Gasteiger charge is 2.18. The number of hydrogen-bond acceptors (Lipinski definition) is 3. The van der Waals surface area contributed by atoms with E-state index in [1.807, 2.05) is 6.07 Å². The Morgan fingerprint density at radius 3 is 3.14 bits per heavy atom. The molecule has 1 aromatic rings. The Hall–Kier alpha value is -1.42. The van der Waals surface area contributed by atoms with Gasteiger partial charge in [0.2, 0.25) is 0 Å². The maximum atomic E-state index is 10.7. The lowest BCUT2D eigenvalue weighted by molar-refractivity contribution is 0.0690. The van der Waals surface area contributed by atoms with Crippen LogP contribution in [0.5, 0.6) is 0 Å². The number of aromatic nitrogens is 1. The van der Waals surface area contributed by atoms with Crippen molar-refractivity contribution in [3.8, 4) is 0 Å². The minimum absolute atomic E-state index is 0.106. The van der Waals surface area contributed by atoms with Crippen molar-refractivity contribution < 1.29 is 14.6 Å². The van der Waals surface area contributed by atoms with E-state index >= 15 is 0 Å². The van der Waals surface area contributed by atoms with Gasteiger partial charge in [-0.15, -0.1) is 0 Å². The van der Waals surface area contributed by atoms with E-state index in [4.69, 9.17) is 9.84 Å². The summed E-state index contributed by atoms with van der Waals surface area (Å²) in [6.45, 7) is 1.44. The Morgan fingerprint density at radius 2 is 2.50 bits per heavy atom. The molecule has 1 N–H and O–H groups in total. The molecule has 1 aliphatic heterocycles. The summed E-state index contributed by atoms with van der Waals surface area (Å²) in [5, 5.41) is 8.76. The van der Waals surface area contributed by atoms with E-state index in [-0.39, 0.29) is 5.69 Å². The number of hydrogen-bond donors (Lipinski definition) is 1. The van der Waals surface area contributed by atoms with Gasteiger partial charge in [0, 0.05) is 18.7 Å². The van der Waals surface area contributed by atoms with Crippen LogP contribution in [0.15, 0.2) is 18.3 Å². The first-order valence-electron chi connectivity index (χ1n) is 4.54. The first-order chi connectivity index (χ1) is 6.77. The summed E-state index contributed by atoms with van der Waals surface area (Å²) in [5.41, 5.74) is 1.12. The summed E-state index contributed by atoms with van der Waals surface area (Å²) < 4.78 is 5.24. The van der Waals surface area contributed by atoms with Crippen LogP contribution in [0.4, 0.5) is 0 Å². The maximum absolute atomic E-state index is 10.7. The van der Waals surface area contributed by atoms with Gasteiger partial charge < -0.3 is 9.84 Å². The number of aromatic carboxylic acids is 1. The first-order valence-corrected chi connectivity index (χ1v) is 4.54. The normalized spacial score (nSPS) is 21.0. The smallest absolute Gasteiger partial charge is 0.354 e. The molecule has 1 aromatic heterocycles. The van der Waals surface area contributed by atoms with Gasteiger partial charge in [-0.1, -0.05) is 0 Å². The molecular formula is C10H11NO3. The SMILES string of the molecule is O=C(O)c1cc(C2CCOC2)ccn1. The van der Waals surface area contributed by atoms with E-state index in [2.05, 4.69) is 4.98 Å². The molecule has 0 saturated carbocycles. The molecule has 4 nitrogen and oxygen atoms in total. The highest BCUT2D eigenvalue weighted by Crippen LogP contribution is 2.24.